The normalized spacial score (nSPS) is 25.8. The molecule has 1 amide bonds. The van der Waals surface area contributed by atoms with E-state index >= 15 is 0 Å². The topological polar surface area (TPSA) is 228 Å². The van der Waals surface area contributed by atoms with Gasteiger partial charge in [-0.05, 0) is 19.3 Å². The number of amides is 1. The van der Waals surface area contributed by atoms with E-state index in [4.69, 9.17) is 18.9 Å². The summed E-state index contributed by atoms with van der Waals surface area (Å²) in [4.78, 5) is 13.2. The van der Waals surface area contributed by atoms with Crippen molar-refractivity contribution in [3.05, 3.63) is 12.2 Å². The van der Waals surface area contributed by atoms with E-state index in [1.807, 2.05) is 6.08 Å². The van der Waals surface area contributed by atoms with Crippen molar-refractivity contribution in [3.8, 4) is 0 Å². The highest BCUT2D eigenvalue weighted by Crippen LogP contribution is 2.30. The van der Waals surface area contributed by atoms with Gasteiger partial charge in [0.1, 0.15) is 48.8 Å². The molecule has 0 bridgehead atoms. The molecule has 0 aromatic heterocycles. The third-order valence-corrected chi connectivity index (χ3v) is 14.7. The van der Waals surface area contributed by atoms with Gasteiger partial charge in [-0.25, -0.2) is 0 Å². The number of carbonyl (C=O) groups is 1. The predicted molar refractivity (Wildman–Crippen MR) is 282 cm³/mol. The van der Waals surface area contributed by atoms with Crippen LogP contribution in [0.15, 0.2) is 12.2 Å². The van der Waals surface area contributed by atoms with Crippen molar-refractivity contribution in [2.45, 2.75) is 325 Å². The Morgan fingerprint density at radius 3 is 1.30 bits per heavy atom. The first-order chi connectivity index (χ1) is 34.6. The third kappa shape index (κ3) is 30.2. The van der Waals surface area contributed by atoms with E-state index in [0.29, 0.717) is 6.42 Å². The second kappa shape index (κ2) is 43.9. The standard InChI is InChI=1S/C57H109NO13/c1-3-5-7-9-11-13-15-17-19-21-22-23-25-27-29-31-33-35-37-39-41-49(62)58-45(46(61)40-38-36-34-32-30-28-26-24-20-18-16-14-12-10-8-6-4-2)44-68-56-54(67)52(65)55(48(43-60)70-56)71-57-53(66)51(64)50(63)47(42-59)69-57/h38,40,45-48,50-57,59-61,63-67H,3-37,39,41-44H2,1-2H3,(H,58,62)/b40-38+/t45-,46+,47+,48+,50-,51?,52?,53?,54?,55+,56+,57-/m0/s1. The van der Waals surface area contributed by atoms with Gasteiger partial charge in [0.05, 0.1) is 32.0 Å². The smallest absolute Gasteiger partial charge is 0.220 e. The van der Waals surface area contributed by atoms with Gasteiger partial charge in [-0.1, -0.05) is 238 Å². The van der Waals surface area contributed by atoms with Gasteiger partial charge in [-0.2, -0.15) is 0 Å². The Kier molecular flexibility index (Phi) is 40.7. The maximum Gasteiger partial charge on any atom is 0.220 e. The summed E-state index contributed by atoms with van der Waals surface area (Å²) in [6.07, 6.45) is 32.4. The van der Waals surface area contributed by atoms with Gasteiger partial charge in [0.25, 0.3) is 0 Å². The molecule has 0 aromatic rings. The van der Waals surface area contributed by atoms with Crippen molar-refractivity contribution < 1.29 is 64.6 Å². The fourth-order valence-corrected chi connectivity index (χ4v) is 9.94. The zero-order valence-corrected chi connectivity index (χ0v) is 45.0. The minimum atomic E-state index is -1.78. The molecule has 12 atom stereocenters. The lowest BCUT2D eigenvalue weighted by Crippen LogP contribution is -2.65. The second-order valence-electron chi connectivity index (χ2n) is 21.1. The molecule has 2 aliphatic heterocycles. The van der Waals surface area contributed by atoms with E-state index in [0.717, 1.165) is 38.5 Å². The second-order valence-corrected chi connectivity index (χ2v) is 21.1. The van der Waals surface area contributed by atoms with E-state index in [1.165, 1.54) is 186 Å². The first kappa shape index (κ1) is 65.8. The Labute approximate surface area is 431 Å². The molecule has 0 saturated carbocycles. The maximum atomic E-state index is 13.2. The van der Waals surface area contributed by atoms with E-state index in [2.05, 4.69) is 19.2 Å². The summed E-state index contributed by atoms with van der Waals surface area (Å²) in [5.41, 5.74) is 0. The average molecular weight is 1020 g/mol. The number of hydrogen-bond acceptors (Lipinski definition) is 13. The Morgan fingerprint density at radius 1 is 0.493 bits per heavy atom. The molecule has 71 heavy (non-hydrogen) atoms. The number of hydrogen-bond donors (Lipinski definition) is 9. The zero-order chi connectivity index (χ0) is 51.7. The number of allylic oxidation sites excluding steroid dienone is 1. The van der Waals surface area contributed by atoms with Crippen molar-refractivity contribution in [1.29, 1.82) is 0 Å². The number of nitrogens with one attached hydrogen (secondary N) is 1. The van der Waals surface area contributed by atoms with E-state index in [9.17, 15) is 45.6 Å². The third-order valence-electron chi connectivity index (χ3n) is 14.7. The Hall–Kier alpha value is -1.27. The van der Waals surface area contributed by atoms with Crippen LogP contribution < -0.4 is 5.32 Å². The summed E-state index contributed by atoms with van der Waals surface area (Å²) < 4.78 is 22.8. The van der Waals surface area contributed by atoms with Crippen LogP contribution in [0, 0.1) is 0 Å². The van der Waals surface area contributed by atoms with Crippen LogP contribution in [0.4, 0.5) is 0 Å². The van der Waals surface area contributed by atoms with Gasteiger partial charge in [-0.3, -0.25) is 4.79 Å². The molecule has 2 heterocycles. The van der Waals surface area contributed by atoms with Crippen molar-refractivity contribution in [2.24, 2.45) is 0 Å². The van der Waals surface area contributed by atoms with Crippen LogP contribution in [0.25, 0.3) is 0 Å². The number of ether oxygens (including phenoxy) is 4. The quantitative estimate of drug-likeness (QED) is 0.0205. The van der Waals surface area contributed by atoms with E-state index in [1.54, 1.807) is 6.08 Å². The Bertz CT molecular complexity index is 1240. The van der Waals surface area contributed by atoms with Gasteiger partial charge in [0, 0.05) is 6.42 Å². The average Bonchev–Trinajstić information content (AvgIpc) is 3.37. The molecule has 0 spiro atoms. The van der Waals surface area contributed by atoms with Crippen LogP contribution in [-0.4, -0.2) is 140 Å². The zero-order valence-electron chi connectivity index (χ0n) is 45.0. The Morgan fingerprint density at radius 2 is 0.873 bits per heavy atom. The Balaban J connectivity index is 1.77. The SMILES string of the molecule is CCCCCCCCCCCCCCCCC/C=C/[C@@H](O)[C@H](CO[C@@H]1O[C@H](CO)[C@@H](O[C@@H]2O[C@H](CO)[C@H](O)C(O)C2O)C(O)C1O)NC(=O)CCCCCCCCCCCCCCCCCCCCCC. The predicted octanol–water partition coefficient (Wildman–Crippen LogP) is 9.50. The van der Waals surface area contributed by atoms with Crippen molar-refractivity contribution in [2.75, 3.05) is 19.8 Å². The fraction of sp³-hybridized carbons (Fsp3) is 0.947. The van der Waals surface area contributed by atoms with Crippen LogP contribution in [0.2, 0.25) is 0 Å². The molecule has 2 saturated heterocycles. The fourth-order valence-electron chi connectivity index (χ4n) is 9.94. The summed E-state index contributed by atoms with van der Waals surface area (Å²) in [6.45, 7) is 2.83. The minimum absolute atomic E-state index is 0.234. The number of aliphatic hydroxyl groups excluding tert-OH is 8. The summed E-state index contributed by atoms with van der Waals surface area (Å²) in [5.74, 6) is -0.234. The maximum absolute atomic E-state index is 13.2. The molecule has 14 nitrogen and oxygen atoms in total. The molecule has 14 heteroatoms. The lowest BCUT2D eigenvalue weighted by molar-refractivity contribution is -0.359. The van der Waals surface area contributed by atoms with Gasteiger partial charge < -0.3 is 65.1 Å². The summed E-state index contributed by atoms with van der Waals surface area (Å²) in [5, 5.41) is 87.0. The highest BCUT2D eigenvalue weighted by Gasteiger charge is 2.51. The van der Waals surface area contributed by atoms with Gasteiger partial charge >= 0.3 is 0 Å². The minimum Gasteiger partial charge on any atom is -0.394 e. The summed E-state index contributed by atoms with van der Waals surface area (Å²) in [6, 6.07) is -0.909. The van der Waals surface area contributed by atoms with Gasteiger partial charge in [0.2, 0.25) is 5.91 Å². The summed E-state index contributed by atoms with van der Waals surface area (Å²) in [7, 11) is 0. The lowest BCUT2D eigenvalue weighted by Gasteiger charge is -2.46. The molecule has 0 aliphatic carbocycles. The lowest BCUT2D eigenvalue weighted by atomic mass is 9.97. The molecule has 0 radical (unpaired) electrons. The molecule has 0 aromatic carbocycles. The highest BCUT2D eigenvalue weighted by atomic mass is 16.7. The molecule has 420 valence electrons. The largest absolute Gasteiger partial charge is 0.394 e. The van der Waals surface area contributed by atoms with Crippen LogP contribution in [-0.2, 0) is 23.7 Å². The van der Waals surface area contributed by atoms with Crippen LogP contribution in [0.1, 0.15) is 251 Å². The molecule has 2 aliphatic rings. The monoisotopic (exact) mass is 1020 g/mol. The van der Waals surface area contributed by atoms with Gasteiger partial charge in [-0.15, -0.1) is 0 Å². The van der Waals surface area contributed by atoms with Crippen LogP contribution >= 0.6 is 0 Å². The van der Waals surface area contributed by atoms with Crippen molar-refractivity contribution in [3.63, 3.8) is 0 Å². The molecule has 2 fully saturated rings. The first-order valence-electron chi connectivity index (χ1n) is 29.4. The number of rotatable bonds is 47. The van der Waals surface area contributed by atoms with E-state index in [-0.39, 0.29) is 18.9 Å². The molecule has 4 unspecified atom stereocenters. The number of unbranched alkanes of at least 4 members (excludes halogenated alkanes) is 34. The van der Waals surface area contributed by atoms with Crippen LogP contribution in [0.5, 0.6) is 0 Å². The van der Waals surface area contributed by atoms with E-state index < -0.39 is 86.8 Å². The number of carbonyl (C=O) groups excluding carboxylic acids is 1. The first-order valence-corrected chi connectivity index (χ1v) is 29.4. The molecule has 9 N–H and O–H groups in total. The number of aliphatic hydroxyl groups is 8. The highest BCUT2D eigenvalue weighted by molar-refractivity contribution is 5.76. The van der Waals surface area contributed by atoms with Crippen molar-refractivity contribution >= 4 is 5.91 Å². The summed E-state index contributed by atoms with van der Waals surface area (Å²) >= 11 is 0. The van der Waals surface area contributed by atoms with Crippen LogP contribution in [0.3, 0.4) is 0 Å². The van der Waals surface area contributed by atoms with Gasteiger partial charge in [0.15, 0.2) is 12.6 Å². The van der Waals surface area contributed by atoms with Crippen molar-refractivity contribution in [1.82, 2.24) is 5.32 Å². The molecule has 2 rings (SSSR count). The molecular weight excluding hydrogens is 907 g/mol. The molecular formula is C57H109NO13.